The minimum absolute atomic E-state index is 0.00818. The summed E-state index contributed by atoms with van der Waals surface area (Å²) in [5, 5.41) is 20.1. The largest absolute Gasteiger partial charge is 0.454 e. The molecule has 2 N–H and O–H groups in total. The van der Waals surface area contributed by atoms with E-state index >= 15 is 0 Å². The molecule has 0 saturated carbocycles. The van der Waals surface area contributed by atoms with Gasteiger partial charge in [0.05, 0.1) is 10.6 Å². The summed E-state index contributed by atoms with van der Waals surface area (Å²) < 4.78 is 6.36. The Balaban J connectivity index is 1.58. The van der Waals surface area contributed by atoms with Crippen molar-refractivity contribution in [2.45, 2.75) is 33.7 Å². The smallest absolute Gasteiger partial charge is 0.328 e. The lowest BCUT2D eigenvalue weighted by Gasteiger charge is -2.13. The van der Waals surface area contributed by atoms with Crippen molar-refractivity contribution in [3.05, 3.63) is 69.2 Å². The zero-order chi connectivity index (χ0) is 25.7. The molecule has 0 saturated heterocycles. The van der Waals surface area contributed by atoms with Crippen LogP contribution in [0.1, 0.15) is 34.4 Å². The topological polar surface area (TPSA) is 171 Å². The number of hydrogen-bond acceptors (Lipinski definition) is 9. The first kappa shape index (κ1) is 25.0. The van der Waals surface area contributed by atoms with Crippen molar-refractivity contribution in [1.29, 1.82) is 0 Å². The molecule has 2 heterocycles. The molecule has 35 heavy (non-hydrogen) atoms. The maximum absolute atomic E-state index is 12.4. The molecule has 1 unspecified atom stereocenters. The lowest BCUT2D eigenvalue weighted by atomic mass is 10.2. The van der Waals surface area contributed by atoms with Crippen LogP contribution in [0.2, 0.25) is 0 Å². The van der Waals surface area contributed by atoms with Gasteiger partial charge in [-0.25, -0.2) is 14.8 Å². The van der Waals surface area contributed by atoms with Gasteiger partial charge in [-0.2, -0.15) is 9.78 Å². The lowest BCUT2D eigenvalue weighted by molar-refractivity contribution is -0.384. The van der Waals surface area contributed by atoms with Crippen LogP contribution in [0.4, 0.5) is 11.5 Å². The van der Waals surface area contributed by atoms with Crippen LogP contribution < -0.4 is 10.6 Å². The molecule has 3 aromatic rings. The summed E-state index contributed by atoms with van der Waals surface area (Å²) in [6.07, 6.45) is 0. The van der Waals surface area contributed by atoms with E-state index in [1.807, 2.05) is 13.8 Å². The van der Waals surface area contributed by atoms with Gasteiger partial charge in [0.15, 0.2) is 6.61 Å². The average molecular weight is 481 g/mol. The number of anilines is 1. The standard InChI is InChI=1S/C22H23N7O6/c1-12-8-13(2)24-22(23-12)28-18(9-14(3)27-28)26-19(30)11-35-21(32)15(4)25-20(31)16-6-5-7-17(10-16)29(33)34/h5-10,15H,11H2,1-4H3,(H,25,31)(H,26,30). The molecule has 0 spiro atoms. The monoisotopic (exact) mass is 481 g/mol. The Hall–Kier alpha value is -4.68. The summed E-state index contributed by atoms with van der Waals surface area (Å²) in [4.78, 5) is 55.8. The van der Waals surface area contributed by atoms with Crippen LogP contribution in [0, 0.1) is 30.9 Å². The van der Waals surface area contributed by atoms with Crippen molar-refractivity contribution in [2.24, 2.45) is 0 Å². The van der Waals surface area contributed by atoms with Gasteiger partial charge in [0.2, 0.25) is 0 Å². The fraction of sp³-hybridized carbons (Fsp3) is 0.273. The summed E-state index contributed by atoms with van der Waals surface area (Å²) in [7, 11) is 0. The summed E-state index contributed by atoms with van der Waals surface area (Å²) in [6.45, 7) is 6.11. The van der Waals surface area contributed by atoms with E-state index < -0.39 is 35.4 Å². The van der Waals surface area contributed by atoms with Gasteiger partial charge in [0.25, 0.3) is 23.5 Å². The Morgan fingerprint density at radius 2 is 1.77 bits per heavy atom. The average Bonchev–Trinajstić information content (AvgIpc) is 3.16. The third kappa shape index (κ3) is 6.43. The number of aromatic nitrogens is 4. The summed E-state index contributed by atoms with van der Waals surface area (Å²) >= 11 is 0. The fourth-order valence-electron chi connectivity index (χ4n) is 3.08. The van der Waals surface area contributed by atoms with Gasteiger partial charge in [-0.05, 0) is 39.8 Å². The maximum Gasteiger partial charge on any atom is 0.328 e. The molecular formula is C22H23N7O6. The Morgan fingerprint density at radius 3 is 2.43 bits per heavy atom. The van der Waals surface area contributed by atoms with Gasteiger partial charge < -0.3 is 15.4 Å². The second-order valence-corrected chi connectivity index (χ2v) is 7.69. The van der Waals surface area contributed by atoms with Gasteiger partial charge in [0, 0.05) is 35.2 Å². The Kier molecular flexibility index (Phi) is 7.49. The number of nitro benzene ring substituents is 1. The number of carbonyl (C=O) groups excluding carboxylic acids is 3. The number of non-ortho nitro benzene ring substituents is 1. The van der Waals surface area contributed by atoms with Crippen molar-refractivity contribution in [2.75, 3.05) is 11.9 Å². The molecule has 3 rings (SSSR count). The highest BCUT2D eigenvalue weighted by atomic mass is 16.6. The first-order valence-corrected chi connectivity index (χ1v) is 10.4. The summed E-state index contributed by atoms with van der Waals surface area (Å²) in [6, 6.07) is 7.37. The van der Waals surface area contributed by atoms with E-state index in [2.05, 4.69) is 25.7 Å². The van der Waals surface area contributed by atoms with Crippen LogP contribution in [0.15, 0.2) is 36.4 Å². The van der Waals surface area contributed by atoms with Crippen molar-refractivity contribution >= 4 is 29.3 Å². The SMILES string of the molecule is Cc1cc(C)nc(-n2nc(C)cc2NC(=O)COC(=O)C(C)NC(=O)c2cccc([N+](=O)[O-])c2)n1. The number of aryl methyl sites for hydroxylation is 3. The lowest BCUT2D eigenvalue weighted by Crippen LogP contribution is -2.40. The van der Waals surface area contributed by atoms with Gasteiger partial charge in [0.1, 0.15) is 11.9 Å². The number of rotatable bonds is 8. The van der Waals surface area contributed by atoms with E-state index in [0.717, 1.165) is 17.5 Å². The molecule has 0 fully saturated rings. The zero-order valence-electron chi connectivity index (χ0n) is 19.4. The molecule has 0 aliphatic rings. The van der Waals surface area contributed by atoms with E-state index in [1.54, 1.807) is 19.1 Å². The molecular weight excluding hydrogens is 458 g/mol. The Morgan fingerprint density at radius 1 is 1.09 bits per heavy atom. The molecule has 0 radical (unpaired) electrons. The van der Waals surface area contributed by atoms with Crippen LogP contribution in [0.3, 0.4) is 0 Å². The number of nitrogens with zero attached hydrogens (tertiary/aromatic N) is 5. The highest BCUT2D eigenvalue weighted by molar-refractivity contribution is 5.97. The minimum Gasteiger partial charge on any atom is -0.454 e. The molecule has 2 aromatic heterocycles. The van der Waals surface area contributed by atoms with E-state index in [0.29, 0.717) is 11.5 Å². The predicted octanol–water partition coefficient (Wildman–Crippen LogP) is 1.80. The normalized spacial score (nSPS) is 11.4. The van der Waals surface area contributed by atoms with Crippen LogP contribution in [-0.4, -0.2) is 55.1 Å². The first-order chi connectivity index (χ1) is 16.5. The number of nitrogens with one attached hydrogen (secondary N) is 2. The van der Waals surface area contributed by atoms with Crippen molar-refractivity contribution < 1.29 is 24.0 Å². The van der Waals surface area contributed by atoms with Crippen molar-refractivity contribution in [3.63, 3.8) is 0 Å². The number of hydrogen-bond donors (Lipinski definition) is 2. The van der Waals surface area contributed by atoms with Gasteiger partial charge in [-0.3, -0.25) is 19.7 Å². The van der Waals surface area contributed by atoms with Crippen molar-refractivity contribution in [1.82, 2.24) is 25.1 Å². The molecule has 0 bridgehead atoms. The molecule has 0 aliphatic heterocycles. The highest BCUT2D eigenvalue weighted by Crippen LogP contribution is 2.16. The third-order valence-corrected chi connectivity index (χ3v) is 4.62. The number of nitro groups is 1. The molecule has 2 amide bonds. The minimum atomic E-state index is -1.11. The van der Waals surface area contributed by atoms with Crippen molar-refractivity contribution in [3.8, 4) is 5.95 Å². The van der Waals surface area contributed by atoms with E-state index in [4.69, 9.17) is 4.74 Å². The maximum atomic E-state index is 12.4. The second kappa shape index (κ2) is 10.5. The van der Waals surface area contributed by atoms with Crippen LogP contribution >= 0.6 is 0 Å². The van der Waals surface area contributed by atoms with E-state index in [-0.39, 0.29) is 17.2 Å². The highest BCUT2D eigenvalue weighted by Gasteiger charge is 2.21. The predicted molar refractivity (Wildman–Crippen MR) is 123 cm³/mol. The van der Waals surface area contributed by atoms with Gasteiger partial charge >= 0.3 is 5.97 Å². The number of carbonyl (C=O) groups is 3. The number of esters is 1. The number of ether oxygens (including phenoxy) is 1. The molecule has 1 aromatic carbocycles. The fourth-order valence-corrected chi connectivity index (χ4v) is 3.08. The summed E-state index contributed by atoms with van der Waals surface area (Å²) in [5.41, 5.74) is 1.82. The quantitative estimate of drug-likeness (QED) is 0.276. The molecule has 1 atom stereocenters. The van der Waals surface area contributed by atoms with Gasteiger partial charge in [-0.15, -0.1) is 0 Å². The summed E-state index contributed by atoms with van der Waals surface area (Å²) in [5.74, 6) is -1.63. The Bertz CT molecular complexity index is 1280. The first-order valence-electron chi connectivity index (χ1n) is 10.4. The molecule has 13 heteroatoms. The third-order valence-electron chi connectivity index (χ3n) is 4.62. The Labute approximate surface area is 199 Å². The second-order valence-electron chi connectivity index (χ2n) is 7.69. The van der Waals surface area contributed by atoms with E-state index in [9.17, 15) is 24.5 Å². The number of amides is 2. The van der Waals surface area contributed by atoms with Crippen LogP contribution in [-0.2, 0) is 14.3 Å². The van der Waals surface area contributed by atoms with Crippen LogP contribution in [0.25, 0.3) is 5.95 Å². The molecule has 182 valence electrons. The zero-order valence-corrected chi connectivity index (χ0v) is 19.4. The van der Waals surface area contributed by atoms with Crippen LogP contribution in [0.5, 0.6) is 0 Å². The molecule has 13 nitrogen and oxygen atoms in total. The molecule has 0 aliphatic carbocycles. The van der Waals surface area contributed by atoms with Gasteiger partial charge in [-0.1, -0.05) is 6.07 Å². The number of benzene rings is 1. The van der Waals surface area contributed by atoms with E-state index in [1.165, 1.54) is 29.8 Å².